The first-order chi connectivity index (χ1) is 10.3. The second-order valence-corrected chi connectivity index (χ2v) is 5.32. The molecule has 0 unspecified atom stereocenters. The Bertz CT molecular complexity index is 774. The van der Waals surface area contributed by atoms with Crippen LogP contribution in [0.5, 0.6) is 5.75 Å². The molecule has 0 N–H and O–H groups in total. The van der Waals surface area contributed by atoms with Gasteiger partial charge in [0.1, 0.15) is 12.4 Å². The fraction of sp³-hybridized carbons (Fsp3) is 0.118. The number of aromatic nitrogens is 1. The van der Waals surface area contributed by atoms with Crippen LogP contribution in [0.2, 0.25) is 5.02 Å². The van der Waals surface area contributed by atoms with Gasteiger partial charge in [-0.05, 0) is 18.2 Å². The molecule has 0 fully saturated rings. The molecule has 3 rings (SSSR count). The minimum absolute atomic E-state index is 0.354. The maximum absolute atomic E-state index is 6.15. The number of rotatable bonds is 4. The molecule has 0 aliphatic rings. The first kappa shape index (κ1) is 14.2. The van der Waals surface area contributed by atoms with Crippen LogP contribution in [-0.4, -0.2) is 4.98 Å². The predicted molar refractivity (Wildman–Crippen MR) is 87.1 cm³/mol. The highest BCUT2D eigenvalue weighted by Crippen LogP contribution is 2.27. The summed E-state index contributed by atoms with van der Waals surface area (Å²) in [5.74, 6) is 1.13. The summed E-state index contributed by atoms with van der Waals surface area (Å²) < 4.78 is 5.95. The molecule has 0 aliphatic carbocycles. The van der Waals surface area contributed by atoms with E-state index >= 15 is 0 Å². The summed E-state index contributed by atoms with van der Waals surface area (Å²) in [5, 5.41) is 1.67. The molecule has 0 aliphatic heterocycles. The van der Waals surface area contributed by atoms with E-state index in [-0.39, 0.29) is 0 Å². The number of halogens is 2. The Hall–Kier alpha value is -1.77. The predicted octanol–water partition coefficient (Wildman–Crippen LogP) is 5.21. The maximum Gasteiger partial charge on any atom is 0.131 e. The van der Waals surface area contributed by atoms with Gasteiger partial charge in [-0.25, -0.2) is 0 Å². The van der Waals surface area contributed by atoms with Crippen molar-refractivity contribution >= 4 is 34.1 Å². The Morgan fingerprint density at radius 3 is 2.57 bits per heavy atom. The van der Waals surface area contributed by atoms with Crippen molar-refractivity contribution in [2.24, 2.45) is 0 Å². The molecule has 0 radical (unpaired) electrons. The number of benzene rings is 2. The molecule has 1 heterocycles. The highest BCUT2D eigenvalue weighted by atomic mass is 35.5. The summed E-state index contributed by atoms with van der Waals surface area (Å²) >= 11 is 12.1. The summed E-state index contributed by atoms with van der Waals surface area (Å²) in [7, 11) is 0. The quantitative estimate of drug-likeness (QED) is 0.616. The van der Waals surface area contributed by atoms with Gasteiger partial charge in [-0.3, -0.25) is 4.98 Å². The molecule has 0 spiro atoms. The van der Waals surface area contributed by atoms with Crippen LogP contribution in [-0.2, 0) is 12.5 Å². The molecule has 0 saturated carbocycles. The van der Waals surface area contributed by atoms with Crippen LogP contribution in [0, 0.1) is 0 Å². The number of fused-ring (bicyclic) bond motifs is 1. The van der Waals surface area contributed by atoms with Gasteiger partial charge in [0, 0.05) is 22.0 Å². The second kappa shape index (κ2) is 6.33. The van der Waals surface area contributed by atoms with E-state index in [9.17, 15) is 0 Å². The molecule has 1 aromatic heterocycles. The average Bonchev–Trinajstić information content (AvgIpc) is 2.53. The van der Waals surface area contributed by atoms with Gasteiger partial charge in [-0.1, -0.05) is 41.9 Å². The van der Waals surface area contributed by atoms with Crippen molar-refractivity contribution in [3.05, 3.63) is 70.9 Å². The molecule has 2 aromatic carbocycles. The first-order valence-electron chi connectivity index (χ1n) is 6.59. The van der Waals surface area contributed by atoms with Crippen molar-refractivity contribution in [2.75, 3.05) is 0 Å². The average molecular weight is 318 g/mol. The molecule has 3 aromatic rings. The SMILES string of the molecule is ClCc1cc(OCc2ccccc2Cl)c2ccccc2n1. The van der Waals surface area contributed by atoms with E-state index in [2.05, 4.69) is 4.98 Å². The summed E-state index contributed by atoms with van der Waals surface area (Å²) in [4.78, 5) is 4.49. The molecule has 0 saturated heterocycles. The first-order valence-corrected chi connectivity index (χ1v) is 7.50. The highest BCUT2D eigenvalue weighted by Gasteiger charge is 2.07. The molecule has 2 nitrogen and oxygen atoms in total. The lowest BCUT2D eigenvalue weighted by molar-refractivity contribution is 0.309. The van der Waals surface area contributed by atoms with E-state index in [4.69, 9.17) is 27.9 Å². The molecule has 4 heteroatoms. The number of hydrogen-bond acceptors (Lipinski definition) is 2. The van der Waals surface area contributed by atoms with Crippen LogP contribution < -0.4 is 4.74 Å². The van der Waals surface area contributed by atoms with E-state index in [0.29, 0.717) is 17.5 Å². The van der Waals surface area contributed by atoms with E-state index < -0.39 is 0 Å². The Morgan fingerprint density at radius 2 is 1.76 bits per heavy atom. The van der Waals surface area contributed by atoms with Gasteiger partial charge in [0.2, 0.25) is 0 Å². The minimum atomic E-state index is 0.354. The van der Waals surface area contributed by atoms with Crippen molar-refractivity contribution < 1.29 is 4.74 Å². The third-order valence-corrected chi connectivity index (χ3v) is 3.85. The van der Waals surface area contributed by atoms with Crippen molar-refractivity contribution in [2.45, 2.75) is 12.5 Å². The molecule has 0 amide bonds. The zero-order chi connectivity index (χ0) is 14.7. The number of para-hydroxylation sites is 1. The molecule has 0 atom stereocenters. The van der Waals surface area contributed by atoms with Gasteiger partial charge in [0.05, 0.1) is 17.1 Å². The Labute approximate surface area is 133 Å². The summed E-state index contributed by atoms with van der Waals surface area (Å²) in [6, 6.07) is 17.4. The van der Waals surface area contributed by atoms with Crippen LogP contribution in [0.15, 0.2) is 54.6 Å². The van der Waals surface area contributed by atoms with Crippen LogP contribution >= 0.6 is 23.2 Å². The third kappa shape index (κ3) is 3.12. The summed E-state index contributed by atoms with van der Waals surface area (Å²) in [5.41, 5.74) is 2.63. The zero-order valence-electron chi connectivity index (χ0n) is 11.2. The third-order valence-electron chi connectivity index (χ3n) is 3.21. The Balaban J connectivity index is 1.94. The second-order valence-electron chi connectivity index (χ2n) is 4.64. The van der Waals surface area contributed by atoms with E-state index in [1.807, 2.05) is 54.6 Å². The van der Waals surface area contributed by atoms with Gasteiger partial charge in [-0.2, -0.15) is 0 Å². The number of pyridine rings is 1. The topological polar surface area (TPSA) is 22.1 Å². The zero-order valence-corrected chi connectivity index (χ0v) is 12.7. The van der Waals surface area contributed by atoms with Gasteiger partial charge in [-0.15, -0.1) is 11.6 Å². The largest absolute Gasteiger partial charge is 0.488 e. The number of ether oxygens (including phenoxy) is 1. The van der Waals surface area contributed by atoms with Crippen LogP contribution in [0.3, 0.4) is 0 Å². The lowest BCUT2D eigenvalue weighted by atomic mass is 10.2. The fourth-order valence-electron chi connectivity index (χ4n) is 2.15. The Kier molecular flexibility index (Phi) is 4.28. The van der Waals surface area contributed by atoms with Crippen LogP contribution in [0.4, 0.5) is 0 Å². The molecule has 0 bridgehead atoms. The number of alkyl halides is 1. The van der Waals surface area contributed by atoms with Crippen LogP contribution in [0.1, 0.15) is 11.3 Å². The maximum atomic E-state index is 6.15. The highest BCUT2D eigenvalue weighted by molar-refractivity contribution is 6.31. The van der Waals surface area contributed by atoms with Crippen molar-refractivity contribution in [1.82, 2.24) is 4.98 Å². The van der Waals surface area contributed by atoms with Crippen molar-refractivity contribution in [3.63, 3.8) is 0 Å². The molecular weight excluding hydrogens is 305 g/mol. The Morgan fingerprint density at radius 1 is 1.00 bits per heavy atom. The van der Waals surface area contributed by atoms with Gasteiger partial charge in [0.15, 0.2) is 0 Å². The monoisotopic (exact) mass is 317 g/mol. The minimum Gasteiger partial charge on any atom is -0.488 e. The van der Waals surface area contributed by atoms with Crippen LogP contribution in [0.25, 0.3) is 10.9 Å². The van der Waals surface area contributed by atoms with E-state index in [0.717, 1.165) is 27.9 Å². The van der Waals surface area contributed by atoms with E-state index in [1.165, 1.54) is 0 Å². The van der Waals surface area contributed by atoms with Gasteiger partial charge in [0.25, 0.3) is 0 Å². The smallest absolute Gasteiger partial charge is 0.131 e. The van der Waals surface area contributed by atoms with Crippen molar-refractivity contribution in [3.8, 4) is 5.75 Å². The van der Waals surface area contributed by atoms with Gasteiger partial charge < -0.3 is 4.74 Å². The van der Waals surface area contributed by atoms with Crippen molar-refractivity contribution in [1.29, 1.82) is 0 Å². The van der Waals surface area contributed by atoms with Gasteiger partial charge >= 0.3 is 0 Å². The number of nitrogens with zero attached hydrogens (tertiary/aromatic N) is 1. The van der Waals surface area contributed by atoms with E-state index in [1.54, 1.807) is 0 Å². The lowest BCUT2D eigenvalue weighted by Gasteiger charge is -2.11. The molecule has 106 valence electrons. The normalized spacial score (nSPS) is 10.8. The fourth-order valence-corrected chi connectivity index (χ4v) is 2.48. The molecular formula is C17H13Cl2NO. The number of hydrogen-bond donors (Lipinski definition) is 0. The molecule has 21 heavy (non-hydrogen) atoms. The summed E-state index contributed by atoms with van der Waals surface area (Å²) in [6.45, 7) is 0.412. The summed E-state index contributed by atoms with van der Waals surface area (Å²) in [6.07, 6.45) is 0. The lowest BCUT2D eigenvalue weighted by Crippen LogP contribution is -1.99. The standard InChI is InChI=1S/C17H13Cl2NO/c18-10-13-9-17(14-6-2-4-8-16(14)20-13)21-11-12-5-1-3-7-15(12)19/h1-9H,10-11H2.